The minimum atomic E-state index is 0.113. The van der Waals surface area contributed by atoms with Gasteiger partial charge in [-0.1, -0.05) is 24.3 Å². The summed E-state index contributed by atoms with van der Waals surface area (Å²) < 4.78 is 10.3. The van der Waals surface area contributed by atoms with Gasteiger partial charge in [0.1, 0.15) is 0 Å². The van der Waals surface area contributed by atoms with E-state index in [4.69, 9.17) is 9.47 Å². The molecule has 0 radical (unpaired) electrons. The maximum atomic E-state index is 9.71. The number of allylic oxidation sites excluding steroid dienone is 2. The highest BCUT2D eigenvalue weighted by atomic mass is 16.5. The van der Waals surface area contributed by atoms with Gasteiger partial charge in [0.25, 0.3) is 0 Å². The van der Waals surface area contributed by atoms with E-state index in [2.05, 4.69) is 9.98 Å². The van der Waals surface area contributed by atoms with Crippen molar-refractivity contribution in [1.29, 1.82) is 0 Å². The van der Waals surface area contributed by atoms with E-state index in [1.54, 1.807) is 24.3 Å². The SMILES string of the molecule is COc1cc(/C=C/C2=NCCN=C(/C=C/c3ccc(O)c(OC)c3)C2)ccc1O. The van der Waals surface area contributed by atoms with Crippen LogP contribution in [0.4, 0.5) is 0 Å². The third-order valence-electron chi connectivity index (χ3n) is 4.44. The number of hydrogen-bond acceptors (Lipinski definition) is 6. The lowest BCUT2D eigenvalue weighted by Crippen LogP contribution is -2.02. The highest BCUT2D eigenvalue weighted by Crippen LogP contribution is 2.27. The van der Waals surface area contributed by atoms with Gasteiger partial charge in [-0.3, -0.25) is 9.98 Å². The minimum Gasteiger partial charge on any atom is -0.504 e. The van der Waals surface area contributed by atoms with Crippen LogP contribution in [0.25, 0.3) is 12.2 Å². The molecule has 0 saturated heterocycles. The van der Waals surface area contributed by atoms with Crippen LogP contribution in [-0.4, -0.2) is 48.9 Å². The van der Waals surface area contributed by atoms with Crippen LogP contribution in [0.15, 0.2) is 58.5 Å². The van der Waals surface area contributed by atoms with Crippen molar-refractivity contribution in [3.63, 3.8) is 0 Å². The number of aliphatic imine (C=N–C) groups is 2. The van der Waals surface area contributed by atoms with Crippen molar-refractivity contribution >= 4 is 23.6 Å². The third-order valence-corrected chi connectivity index (χ3v) is 4.44. The van der Waals surface area contributed by atoms with E-state index in [1.807, 2.05) is 36.4 Å². The van der Waals surface area contributed by atoms with E-state index in [0.717, 1.165) is 22.6 Å². The lowest BCUT2D eigenvalue weighted by molar-refractivity contribution is 0.373. The molecule has 0 aliphatic carbocycles. The summed E-state index contributed by atoms with van der Waals surface area (Å²) in [6.45, 7) is 1.28. The molecule has 2 N–H and O–H groups in total. The summed E-state index contributed by atoms with van der Waals surface area (Å²) in [7, 11) is 3.05. The van der Waals surface area contributed by atoms with Gasteiger partial charge in [0.15, 0.2) is 23.0 Å². The first-order valence-corrected chi connectivity index (χ1v) is 9.26. The molecule has 2 aromatic rings. The van der Waals surface area contributed by atoms with Crippen LogP contribution in [-0.2, 0) is 0 Å². The second-order valence-electron chi connectivity index (χ2n) is 6.45. The van der Waals surface area contributed by atoms with Gasteiger partial charge in [0, 0.05) is 17.8 Å². The molecule has 0 aromatic heterocycles. The maximum absolute atomic E-state index is 9.71. The maximum Gasteiger partial charge on any atom is 0.161 e. The number of hydrogen-bond donors (Lipinski definition) is 2. The monoisotopic (exact) mass is 392 g/mol. The fraction of sp³-hybridized carbons (Fsp3) is 0.217. The van der Waals surface area contributed by atoms with E-state index >= 15 is 0 Å². The molecular weight excluding hydrogens is 368 g/mol. The van der Waals surface area contributed by atoms with Crippen molar-refractivity contribution in [1.82, 2.24) is 0 Å². The molecule has 2 aromatic carbocycles. The summed E-state index contributed by atoms with van der Waals surface area (Å²) in [5, 5.41) is 19.4. The van der Waals surface area contributed by atoms with Crippen molar-refractivity contribution in [3.8, 4) is 23.0 Å². The van der Waals surface area contributed by atoms with Crippen LogP contribution in [0, 0.1) is 0 Å². The Balaban J connectivity index is 1.71. The summed E-state index contributed by atoms with van der Waals surface area (Å²) in [6.07, 6.45) is 8.43. The lowest BCUT2D eigenvalue weighted by Gasteiger charge is -2.05. The molecule has 150 valence electrons. The molecule has 0 spiro atoms. The first-order chi connectivity index (χ1) is 14.1. The molecule has 0 atom stereocenters. The zero-order valence-electron chi connectivity index (χ0n) is 16.5. The number of benzene rings is 2. The molecule has 1 aliphatic rings. The number of phenolic OH excluding ortho intramolecular Hbond substituents is 2. The molecular formula is C23H24N2O4. The summed E-state index contributed by atoms with van der Waals surface area (Å²) in [5.41, 5.74) is 3.69. The Hall–Kier alpha value is -3.54. The molecule has 3 rings (SSSR count). The number of methoxy groups -OCH3 is 2. The van der Waals surface area contributed by atoms with Crippen LogP contribution in [0.1, 0.15) is 17.5 Å². The Morgan fingerprint density at radius 1 is 0.724 bits per heavy atom. The van der Waals surface area contributed by atoms with Gasteiger partial charge < -0.3 is 19.7 Å². The van der Waals surface area contributed by atoms with Crippen molar-refractivity contribution < 1.29 is 19.7 Å². The van der Waals surface area contributed by atoms with Crippen LogP contribution < -0.4 is 9.47 Å². The van der Waals surface area contributed by atoms with Crippen LogP contribution >= 0.6 is 0 Å². The third kappa shape index (κ3) is 5.48. The molecule has 0 saturated carbocycles. The summed E-state index contributed by atoms with van der Waals surface area (Å²) in [6, 6.07) is 10.4. The predicted molar refractivity (Wildman–Crippen MR) is 117 cm³/mol. The predicted octanol–water partition coefficient (Wildman–Crippen LogP) is 4.13. The van der Waals surface area contributed by atoms with Gasteiger partial charge >= 0.3 is 0 Å². The van der Waals surface area contributed by atoms with E-state index in [1.165, 1.54) is 14.2 Å². The van der Waals surface area contributed by atoms with Gasteiger partial charge in [-0.15, -0.1) is 0 Å². The zero-order valence-corrected chi connectivity index (χ0v) is 16.5. The number of aromatic hydroxyl groups is 2. The Morgan fingerprint density at radius 3 is 1.59 bits per heavy atom. The molecule has 29 heavy (non-hydrogen) atoms. The van der Waals surface area contributed by atoms with Gasteiger partial charge in [-0.25, -0.2) is 0 Å². The van der Waals surface area contributed by atoms with E-state index in [9.17, 15) is 10.2 Å². The molecule has 0 bridgehead atoms. The first kappa shape index (κ1) is 20.2. The average molecular weight is 392 g/mol. The highest BCUT2D eigenvalue weighted by molar-refractivity contribution is 6.15. The van der Waals surface area contributed by atoms with Gasteiger partial charge in [0.05, 0.1) is 27.3 Å². The number of phenols is 2. The Kier molecular flexibility index (Phi) is 6.68. The summed E-state index contributed by atoms with van der Waals surface area (Å²) in [4.78, 5) is 9.18. The van der Waals surface area contributed by atoms with E-state index in [0.29, 0.717) is 31.0 Å². The van der Waals surface area contributed by atoms with Crippen molar-refractivity contribution in [2.45, 2.75) is 6.42 Å². The molecule has 0 fully saturated rings. The molecule has 0 unspecified atom stereocenters. The fourth-order valence-corrected chi connectivity index (χ4v) is 2.89. The van der Waals surface area contributed by atoms with Gasteiger partial charge in [0.2, 0.25) is 0 Å². The molecule has 0 amide bonds. The summed E-state index contributed by atoms with van der Waals surface area (Å²) in [5.74, 6) is 1.10. The Labute approximate surface area is 170 Å². The topological polar surface area (TPSA) is 83.6 Å². The van der Waals surface area contributed by atoms with Crippen molar-refractivity contribution in [3.05, 3.63) is 59.7 Å². The molecule has 6 nitrogen and oxygen atoms in total. The molecule has 6 heteroatoms. The van der Waals surface area contributed by atoms with Crippen LogP contribution in [0.3, 0.4) is 0 Å². The second-order valence-corrected chi connectivity index (χ2v) is 6.45. The number of rotatable bonds is 6. The Bertz CT molecular complexity index is 911. The minimum absolute atomic E-state index is 0.113. The Morgan fingerprint density at radius 2 is 1.17 bits per heavy atom. The second kappa shape index (κ2) is 9.59. The molecule has 1 heterocycles. The van der Waals surface area contributed by atoms with Crippen molar-refractivity contribution in [2.75, 3.05) is 27.3 Å². The highest BCUT2D eigenvalue weighted by Gasteiger charge is 2.06. The fourth-order valence-electron chi connectivity index (χ4n) is 2.89. The number of ether oxygens (including phenoxy) is 2. The smallest absolute Gasteiger partial charge is 0.161 e. The average Bonchev–Trinajstić information content (AvgIpc) is 2.97. The summed E-state index contributed by atoms with van der Waals surface area (Å²) >= 11 is 0. The molecule has 1 aliphatic heterocycles. The normalized spacial score (nSPS) is 14.6. The zero-order chi connectivity index (χ0) is 20.6. The quantitative estimate of drug-likeness (QED) is 0.774. The van der Waals surface area contributed by atoms with Crippen molar-refractivity contribution in [2.24, 2.45) is 9.98 Å². The van der Waals surface area contributed by atoms with Crippen LogP contribution in [0.2, 0.25) is 0 Å². The standard InChI is InChI=1S/C23H24N2O4/c1-28-22-13-16(5-9-20(22)26)3-7-18-15-19(25-12-11-24-18)8-4-17-6-10-21(27)23(14-17)29-2/h3-10,13-14,26-27H,11-12,15H2,1-2H3/b7-3+,8-4+. The van der Waals surface area contributed by atoms with Crippen LogP contribution in [0.5, 0.6) is 23.0 Å². The number of nitrogens with zero attached hydrogens (tertiary/aromatic N) is 2. The van der Waals surface area contributed by atoms with Gasteiger partial charge in [-0.05, 0) is 47.5 Å². The van der Waals surface area contributed by atoms with E-state index in [-0.39, 0.29) is 11.5 Å². The van der Waals surface area contributed by atoms with Gasteiger partial charge in [-0.2, -0.15) is 0 Å². The largest absolute Gasteiger partial charge is 0.504 e. The lowest BCUT2D eigenvalue weighted by atomic mass is 10.1. The first-order valence-electron chi connectivity index (χ1n) is 9.26. The van der Waals surface area contributed by atoms with E-state index < -0.39 is 0 Å².